The van der Waals surface area contributed by atoms with Crippen molar-refractivity contribution in [2.24, 2.45) is 0 Å². The number of hydrogen-bond acceptors (Lipinski definition) is 7. The van der Waals surface area contributed by atoms with Gasteiger partial charge in [-0.1, -0.05) is 12.1 Å². The number of benzene rings is 2. The van der Waals surface area contributed by atoms with Crippen LogP contribution in [0.15, 0.2) is 48.5 Å². The summed E-state index contributed by atoms with van der Waals surface area (Å²) in [7, 11) is 0. The zero-order valence-electron chi connectivity index (χ0n) is 23.7. The average molecular weight is 609 g/mol. The maximum atomic E-state index is 14.1. The van der Waals surface area contributed by atoms with Gasteiger partial charge in [-0.15, -0.1) is 0 Å². The molecule has 9 nitrogen and oxygen atoms in total. The zero-order valence-corrected chi connectivity index (χ0v) is 23.7. The van der Waals surface area contributed by atoms with E-state index in [0.717, 1.165) is 29.9 Å². The third-order valence-electron chi connectivity index (χ3n) is 7.41. The molecular weight excluding hydrogens is 580 g/mol. The van der Waals surface area contributed by atoms with Gasteiger partial charge in [-0.2, -0.15) is 23.5 Å². The lowest BCUT2D eigenvalue weighted by molar-refractivity contribution is -0.140. The standard InChI is InChI=1S/C31H28F4N6O3/c1-19-28(29(31(33,34)35)39-41(19)18-21-6-4-20(17-36)5-7-21)38-30(43)24-16-26(37-25-15-22(32)8-9-23(24)25)27(42)3-2-10-40-11-13-44-14-12-40/h4-9,15-16H,2-3,10-14,18H2,1H3,(H,38,43). The highest BCUT2D eigenvalue weighted by Crippen LogP contribution is 2.36. The number of amides is 1. The van der Waals surface area contributed by atoms with Crippen LogP contribution in [-0.2, 0) is 17.5 Å². The number of rotatable bonds is 9. The molecule has 2 aromatic carbocycles. The normalized spacial score (nSPS) is 14.0. The van der Waals surface area contributed by atoms with Crippen LogP contribution in [-0.4, -0.2) is 64.2 Å². The van der Waals surface area contributed by atoms with E-state index in [-0.39, 0.29) is 46.6 Å². The molecule has 3 heterocycles. The molecule has 1 saturated heterocycles. The van der Waals surface area contributed by atoms with Crippen molar-refractivity contribution in [3.63, 3.8) is 0 Å². The van der Waals surface area contributed by atoms with E-state index in [4.69, 9.17) is 10.00 Å². The van der Waals surface area contributed by atoms with E-state index in [1.807, 2.05) is 6.07 Å². The molecule has 2 aromatic heterocycles. The number of aromatic nitrogens is 3. The van der Waals surface area contributed by atoms with Gasteiger partial charge in [-0.25, -0.2) is 9.37 Å². The fourth-order valence-corrected chi connectivity index (χ4v) is 5.03. The molecule has 0 atom stereocenters. The number of nitrogens with zero attached hydrogens (tertiary/aromatic N) is 5. The van der Waals surface area contributed by atoms with E-state index < -0.39 is 29.3 Å². The number of pyridine rings is 1. The summed E-state index contributed by atoms with van der Waals surface area (Å²) in [5.41, 5.74) is -0.979. The van der Waals surface area contributed by atoms with E-state index in [9.17, 15) is 27.2 Å². The van der Waals surface area contributed by atoms with Crippen molar-refractivity contribution < 1.29 is 31.9 Å². The number of ketones is 1. The van der Waals surface area contributed by atoms with Gasteiger partial charge in [-0.3, -0.25) is 19.2 Å². The van der Waals surface area contributed by atoms with Gasteiger partial charge < -0.3 is 10.1 Å². The maximum absolute atomic E-state index is 14.1. The van der Waals surface area contributed by atoms with Gasteiger partial charge in [0.15, 0.2) is 11.5 Å². The van der Waals surface area contributed by atoms with Crippen molar-refractivity contribution in [1.29, 1.82) is 5.26 Å². The molecule has 1 aliphatic rings. The SMILES string of the molecule is Cc1c(NC(=O)c2cc(C(=O)CCCN3CCOCC3)nc3cc(F)ccc23)c(C(F)(F)F)nn1Cc1ccc(C#N)cc1. The Balaban J connectivity index is 1.43. The quantitative estimate of drug-likeness (QED) is 0.201. The molecule has 4 aromatic rings. The Morgan fingerprint density at radius 2 is 1.82 bits per heavy atom. The lowest BCUT2D eigenvalue weighted by Crippen LogP contribution is -2.36. The summed E-state index contributed by atoms with van der Waals surface area (Å²) in [6.45, 7) is 4.77. The van der Waals surface area contributed by atoms with Crippen LogP contribution in [0.25, 0.3) is 10.9 Å². The number of carbonyl (C=O) groups is 2. The summed E-state index contributed by atoms with van der Waals surface area (Å²) in [5.74, 6) is -1.95. The third-order valence-corrected chi connectivity index (χ3v) is 7.41. The first-order chi connectivity index (χ1) is 21.0. The molecule has 1 amide bonds. The Bertz CT molecular complexity index is 1740. The summed E-state index contributed by atoms with van der Waals surface area (Å²) in [4.78, 5) is 33.1. The van der Waals surface area contributed by atoms with Crippen LogP contribution in [0.4, 0.5) is 23.2 Å². The lowest BCUT2D eigenvalue weighted by Gasteiger charge is -2.26. The van der Waals surface area contributed by atoms with Crippen LogP contribution < -0.4 is 5.32 Å². The van der Waals surface area contributed by atoms with E-state index in [1.54, 1.807) is 24.3 Å². The van der Waals surface area contributed by atoms with Crippen LogP contribution in [0.1, 0.15) is 56.2 Å². The number of Topliss-reactive ketones (excluding diaryl/α,β-unsaturated/α-hetero) is 1. The second kappa shape index (κ2) is 12.9. The number of halogens is 4. The van der Waals surface area contributed by atoms with Crippen molar-refractivity contribution in [1.82, 2.24) is 19.7 Å². The number of ether oxygens (including phenoxy) is 1. The Morgan fingerprint density at radius 3 is 2.50 bits per heavy atom. The molecule has 0 spiro atoms. The van der Waals surface area contributed by atoms with E-state index >= 15 is 0 Å². The summed E-state index contributed by atoms with van der Waals surface area (Å²) in [5, 5.41) is 15.3. The predicted molar refractivity (Wildman–Crippen MR) is 153 cm³/mol. The highest BCUT2D eigenvalue weighted by Gasteiger charge is 2.39. The number of nitrogens with one attached hydrogen (secondary N) is 1. The summed E-state index contributed by atoms with van der Waals surface area (Å²) >= 11 is 0. The molecule has 0 unspecified atom stereocenters. The number of fused-ring (bicyclic) bond motifs is 1. The van der Waals surface area contributed by atoms with Crippen LogP contribution in [0, 0.1) is 24.1 Å². The van der Waals surface area contributed by atoms with Crippen LogP contribution >= 0.6 is 0 Å². The second-order valence-corrected chi connectivity index (χ2v) is 10.4. The molecule has 1 fully saturated rings. The predicted octanol–water partition coefficient (Wildman–Crippen LogP) is 5.37. The molecule has 13 heteroatoms. The molecule has 0 aliphatic carbocycles. The van der Waals surface area contributed by atoms with Gasteiger partial charge >= 0.3 is 6.18 Å². The zero-order chi connectivity index (χ0) is 31.4. The highest BCUT2D eigenvalue weighted by atomic mass is 19.4. The summed E-state index contributed by atoms with van der Waals surface area (Å²) in [6, 6.07) is 13.0. The Hall–Kier alpha value is -4.67. The molecule has 5 rings (SSSR count). The number of morpholine rings is 1. The fourth-order valence-electron chi connectivity index (χ4n) is 5.03. The number of alkyl halides is 3. The van der Waals surface area contributed by atoms with Gasteiger partial charge in [0, 0.05) is 31.0 Å². The average Bonchev–Trinajstić information content (AvgIpc) is 3.31. The van der Waals surface area contributed by atoms with Crippen LogP contribution in [0.2, 0.25) is 0 Å². The lowest BCUT2D eigenvalue weighted by atomic mass is 10.0. The molecule has 1 N–H and O–H groups in total. The molecular formula is C31H28F4N6O3. The van der Waals surface area contributed by atoms with Crippen molar-refractivity contribution in [2.45, 2.75) is 32.5 Å². The minimum atomic E-state index is -4.89. The Morgan fingerprint density at radius 1 is 1.09 bits per heavy atom. The van der Waals surface area contributed by atoms with Gasteiger partial charge in [0.25, 0.3) is 5.91 Å². The van der Waals surface area contributed by atoms with Crippen molar-refractivity contribution in [3.05, 3.63) is 88.1 Å². The molecule has 0 bridgehead atoms. The molecule has 0 saturated carbocycles. The van der Waals surface area contributed by atoms with Crippen LogP contribution in [0.5, 0.6) is 0 Å². The van der Waals surface area contributed by atoms with E-state index in [1.165, 1.54) is 19.1 Å². The minimum Gasteiger partial charge on any atom is -0.379 e. The van der Waals surface area contributed by atoms with E-state index in [2.05, 4.69) is 20.3 Å². The molecule has 0 radical (unpaired) electrons. The topological polar surface area (TPSA) is 113 Å². The van der Waals surface area contributed by atoms with E-state index in [0.29, 0.717) is 37.3 Å². The minimum absolute atomic E-state index is 0.0263. The van der Waals surface area contributed by atoms with Gasteiger partial charge in [0.1, 0.15) is 11.5 Å². The first kappa shape index (κ1) is 30.8. The Labute approximate surface area is 250 Å². The monoisotopic (exact) mass is 608 g/mol. The van der Waals surface area contributed by atoms with Gasteiger partial charge in [0.2, 0.25) is 0 Å². The number of hydrogen-bond donors (Lipinski definition) is 1. The van der Waals surface area contributed by atoms with Crippen molar-refractivity contribution >= 4 is 28.3 Å². The van der Waals surface area contributed by atoms with Crippen molar-refractivity contribution in [3.8, 4) is 6.07 Å². The molecule has 1 aliphatic heterocycles. The first-order valence-electron chi connectivity index (χ1n) is 13.9. The van der Waals surface area contributed by atoms with Crippen molar-refractivity contribution in [2.75, 3.05) is 38.2 Å². The van der Waals surface area contributed by atoms with Crippen LogP contribution in [0.3, 0.4) is 0 Å². The largest absolute Gasteiger partial charge is 0.437 e. The van der Waals surface area contributed by atoms with Gasteiger partial charge in [-0.05, 0) is 55.8 Å². The summed E-state index contributed by atoms with van der Waals surface area (Å²) < 4.78 is 62.8. The fraction of sp³-hybridized carbons (Fsp3) is 0.323. The maximum Gasteiger partial charge on any atom is 0.437 e. The number of carbonyl (C=O) groups excluding carboxylic acids is 2. The Kier molecular flexibility index (Phi) is 9.03. The third kappa shape index (κ3) is 6.93. The number of nitriles is 1. The first-order valence-corrected chi connectivity index (χ1v) is 13.9. The van der Waals surface area contributed by atoms with Gasteiger partial charge in [0.05, 0.1) is 53.9 Å². The highest BCUT2D eigenvalue weighted by molar-refractivity contribution is 6.14. The molecule has 228 valence electrons. The second-order valence-electron chi connectivity index (χ2n) is 10.4. The summed E-state index contributed by atoms with van der Waals surface area (Å²) in [6.07, 6.45) is -4.25. The number of anilines is 1. The molecule has 44 heavy (non-hydrogen) atoms. The smallest absolute Gasteiger partial charge is 0.379 e.